The second-order valence-corrected chi connectivity index (χ2v) is 3.82. The molecule has 0 spiro atoms. The van der Waals surface area contributed by atoms with Crippen LogP contribution < -0.4 is 15.2 Å². The summed E-state index contributed by atoms with van der Waals surface area (Å²) in [7, 11) is 4.53. The molecule has 0 aromatic heterocycles. The quantitative estimate of drug-likeness (QED) is 0.774. The molecule has 100 valence electrons. The lowest BCUT2D eigenvalue weighted by atomic mass is 9.94. The highest BCUT2D eigenvalue weighted by atomic mass is 16.5. The Morgan fingerprint density at radius 3 is 2.50 bits per heavy atom. The number of hydrogen-bond donors (Lipinski definition) is 1. The summed E-state index contributed by atoms with van der Waals surface area (Å²) in [6, 6.07) is 5.43. The van der Waals surface area contributed by atoms with E-state index in [0.29, 0.717) is 18.0 Å². The van der Waals surface area contributed by atoms with Gasteiger partial charge in [0, 0.05) is 11.5 Å². The molecular formula is C13H19NO4. The fourth-order valence-electron chi connectivity index (χ4n) is 1.76. The molecule has 1 aromatic rings. The summed E-state index contributed by atoms with van der Waals surface area (Å²) in [6.07, 6.45) is 0.219. The molecule has 1 unspecified atom stereocenters. The zero-order valence-corrected chi connectivity index (χ0v) is 10.9. The van der Waals surface area contributed by atoms with E-state index >= 15 is 0 Å². The van der Waals surface area contributed by atoms with E-state index in [1.807, 2.05) is 6.07 Å². The molecule has 1 atom stereocenters. The molecule has 0 aliphatic rings. The van der Waals surface area contributed by atoms with Crippen molar-refractivity contribution in [3.63, 3.8) is 0 Å². The lowest BCUT2D eigenvalue weighted by Gasteiger charge is -2.18. The molecular weight excluding hydrogens is 234 g/mol. The molecule has 18 heavy (non-hydrogen) atoms. The number of nitrogens with two attached hydrogens (primary N) is 1. The first-order chi connectivity index (χ1) is 8.65. The van der Waals surface area contributed by atoms with E-state index in [2.05, 4.69) is 4.74 Å². The molecule has 0 saturated carbocycles. The number of rotatable bonds is 6. The smallest absolute Gasteiger partial charge is 0.306 e. The van der Waals surface area contributed by atoms with Crippen LogP contribution in [0.25, 0.3) is 0 Å². The molecule has 5 nitrogen and oxygen atoms in total. The SMILES string of the molecule is COC(=O)CC(CN)c1cc(OC)ccc1OC. The summed E-state index contributed by atoms with van der Waals surface area (Å²) >= 11 is 0. The third-order valence-corrected chi connectivity index (χ3v) is 2.80. The number of esters is 1. The number of methoxy groups -OCH3 is 3. The van der Waals surface area contributed by atoms with Crippen LogP contribution in [-0.2, 0) is 9.53 Å². The topological polar surface area (TPSA) is 70.8 Å². The zero-order chi connectivity index (χ0) is 13.5. The number of carbonyl (C=O) groups is 1. The molecule has 0 saturated heterocycles. The maximum Gasteiger partial charge on any atom is 0.306 e. The first kappa shape index (κ1) is 14.3. The lowest BCUT2D eigenvalue weighted by molar-refractivity contribution is -0.141. The molecule has 0 heterocycles. The van der Waals surface area contributed by atoms with Gasteiger partial charge in [-0.05, 0) is 24.7 Å². The van der Waals surface area contributed by atoms with Gasteiger partial charge in [-0.25, -0.2) is 0 Å². The average molecular weight is 253 g/mol. The van der Waals surface area contributed by atoms with Crippen molar-refractivity contribution in [2.75, 3.05) is 27.9 Å². The summed E-state index contributed by atoms with van der Waals surface area (Å²) in [6.45, 7) is 0.332. The van der Waals surface area contributed by atoms with E-state index in [1.165, 1.54) is 7.11 Å². The Kier molecular flexibility index (Phi) is 5.45. The van der Waals surface area contributed by atoms with Crippen LogP contribution in [0.4, 0.5) is 0 Å². The summed E-state index contributed by atoms with van der Waals surface area (Å²) in [5.74, 6) is 0.946. The second-order valence-electron chi connectivity index (χ2n) is 3.82. The van der Waals surface area contributed by atoms with Gasteiger partial charge in [0.1, 0.15) is 11.5 Å². The molecule has 0 aliphatic heterocycles. The van der Waals surface area contributed by atoms with Crippen LogP contribution in [-0.4, -0.2) is 33.8 Å². The molecule has 1 rings (SSSR count). The Morgan fingerprint density at radius 1 is 1.28 bits per heavy atom. The fraction of sp³-hybridized carbons (Fsp3) is 0.462. The van der Waals surface area contributed by atoms with Gasteiger partial charge >= 0.3 is 5.97 Å². The standard InChI is InChI=1S/C13H19NO4/c1-16-10-4-5-12(17-2)11(7-10)9(8-14)6-13(15)18-3/h4-5,7,9H,6,8,14H2,1-3H3. The molecule has 0 bridgehead atoms. The van der Waals surface area contributed by atoms with Crippen LogP contribution in [0.3, 0.4) is 0 Å². The van der Waals surface area contributed by atoms with Gasteiger partial charge < -0.3 is 19.9 Å². The van der Waals surface area contributed by atoms with Crippen molar-refractivity contribution >= 4 is 5.97 Å². The molecule has 0 aliphatic carbocycles. The Hall–Kier alpha value is -1.75. The van der Waals surface area contributed by atoms with Crippen LogP contribution in [0.5, 0.6) is 11.5 Å². The van der Waals surface area contributed by atoms with Crippen molar-refractivity contribution in [1.82, 2.24) is 0 Å². The van der Waals surface area contributed by atoms with Gasteiger partial charge in [-0.2, -0.15) is 0 Å². The summed E-state index contributed by atoms with van der Waals surface area (Å²) < 4.78 is 15.1. The van der Waals surface area contributed by atoms with Crippen molar-refractivity contribution < 1.29 is 19.0 Å². The van der Waals surface area contributed by atoms with E-state index in [4.69, 9.17) is 15.2 Å². The van der Waals surface area contributed by atoms with Crippen molar-refractivity contribution in [3.8, 4) is 11.5 Å². The first-order valence-electron chi connectivity index (χ1n) is 5.65. The van der Waals surface area contributed by atoms with E-state index < -0.39 is 0 Å². The first-order valence-corrected chi connectivity index (χ1v) is 5.65. The van der Waals surface area contributed by atoms with Gasteiger partial charge in [0.25, 0.3) is 0 Å². The molecule has 1 aromatic carbocycles. The van der Waals surface area contributed by atoms with Crippen LogP contribution in [0, 0.1) is 0 Å². The van der Waals surface area contributed by atoms with Crippen molar-refractivity contribution in [3.05, 3.63) is 23.8 Å². The van der Waals surface area contributed by atoms with E-state index in [-0.39, 0.29) is 18.3 Å². The van der Waals surface area contributed by atoms with Gasteiger partial charge in [-0.3, -0.25) is 4.79 Å². The largest absolute Gasteiger partial charge is 0.497 e. The van der Waals surface area contributed by atoms with E-state index in [0.717, 1.165) is 5.56 Å². The van der Waals surface area contributed by atoms with E-state index in [9.17, 15) is 4.79 Å². The highest BCUT2D eigenvalue weighted by Gasteiger charge is 2.19. The van der Waals surface area contributed by atoms with Crippen LogP contribution in [0.2, 0.25) is 0 Å². The summed E-state index contributed by atoms with van der Waals surface area (Å²) in [5.41, 5.74) is 6.57. The Morgan fingerprint density at radius 2 is 2.00 bits per heavy atom. The van der Waals surface area contributed by atoms with Crippen molar-refractivity contribution in [2.24, 2.45) is 5.73 Å². The highest BCUT2D eigenvalue weighted by molar-refractivity contribution is 5.70. The third-order valence-electron chi connectivity index (χ3n) is 2.80. The van der Waals surface area contributed by atoms with Gasteiger partial charge in [0.05, 0.1) is 27.8 Å². The van der Waals surface area contributed by atoms with E-state index in [1.54, 1.807) is 26.4 Å². The highest BCUT2D eigenvalue weighted by Crippen LogP contribution is 2.32. The monoisotopic (exact) mass is 253 g/mol. The Labute approximate surface area is 107 Å². The lowest BCUT2D eigenvalue weighted by Crippen LogP contribution is -2.18. The van der Waals surface area contributed by atoms with Crippen molar-refractivity contribution in [1.29, 1.82) is 0 Å². The molecule has 5 heteroatoms. The number of benzene rings is 1. The maximum atomic E-state index is 11.4. The minimum absolute atomic E-state index is 0.150. The minimum atomic E-state index is -0.296. The molecule has 0 fully saturated rings. The Bertz CT molecular complexity index is 406. The summed E-state index contributed by atoms with van der Waals surface area (Å²) in [4.78, 5) is 11.4. The van der Waals surface area contributed by atoms with Gasteiger partial charge in [0.2, 0.25) is 0 Å². The van der Waals surface area contributed by atoms with Crippen molar-refractivity contribution in [2.45, 2.75) is 12.3 Å². The minimum Gasteiger partial charge on any atom is -0.497 e. The molecule has 0 amide bonds. The van der Waals surface area contributed by atoms with Crippen LogP contribution >= 0.6 is 0 Å². The predicted octanol–water partition coefficient (Wildman–Crippen LogP) is 1.31. The van der Waals surface area contributed by atoms with Gasteiger partial charge in [-0.1, -0.05) is 0 Å². The number of hydrogen-bond acceptors (Lipinski definition) is 5. The normalized spacial score (nSPS) is 11.8. The molecule has 2 N–H and O–H groups in total. The predicted molar refractivity (Wildman–Crippen MR) is 68.0 cm³/mol. The third kappa shape index (κ3) is 3.37. The maximum absolute atomic E-state index is 11.4. The Balaban J connectivity index is 3.05. The zero-order valence-electron chi connectivity index (χ0n) is 10.9. The number of ether oxygens (including phenoxy) is 3. The van der Waals surface area contributed by atoms with Gasteiger partial charge in [0.15, 0.2) is 0 Å². The van der Waals surface area contributed by atoms with Gasteiger partial charge in [-0.15, -0.1) is 0 Å². The summed E-state index contributed by atoms with van der Waals surface area (Å²) in [5, 5.41) is 0. The average Bonchev–Trinajstić information content (AvgIpc) is 2.43. The van der Waals surface area contributed by atoms with Crippen LogP contribution in [0.1, 0.15) is 17.9 Å². The second kappa shape index (κ2) is 6.86. The fourth-order valence-corrected chi connectivity index (χ4v) is 1.76. The van der Waals surface area contributed by atoms with Crippen LogP contribution in [0.15, 0.2) is 18.2 Å². The number of carbonyl (C=O) groups excluding carboxylic acids is 1. The molecule has 0 radical (unpaired) electrons.